The van der Waals surface area contributed by atoms with Crippen LogP contribution in [-0.4, -0.2) is 18.0 Å². The molecule has 0 fully saturated rings. The Labute approximate surface area is 137 Å². The number of nitrogen functional groups attached to an aromatic ring is 2. The van der Waals surface area contributed by atoms with Gasteiger partial charge < -0.3 is 11.5 Å². The van der Waals surface area contributed by atoms with Gasteiger partial charge in [0, 0.05) is 17.3 Å². The van der Waals surface area contributed by atoms with Crippen molar-refractivity contribution in [1.29, 1.82) is 0 Å². The molecule has 0 aliphatic carbocycles. The number of anilines is 2. The van der Waals surface area contributed by atoms with Crippen LogP contribution in [0.3, 0.4) is 0 Å². The topological polar surface area (TPSA) is 144 Å². The molecule has 8 nitrogen and oxygen atoms in total. The summed E-state index contributed by atoms with van der Waals surface area (Å²) < 4.78 is 32.2. The molecule has 0 amide bonds. The smallest absolute Gasteiger partial charge is 0.296 e. The number of pyridine rings is 1. The van der Waals surface area contributed by atoms with Crippen LogP contribution in [0.4, 0.5) is 22.7 Å². The van der Waals surface area contributed by atoms with Gasteiger partial charge in [0.1, 0.15) is 10.6 Å². The Morgan fingerprint density at radius 2 is 1.71 bits per heavy atom. The fourth-order valence-corrected chi connectivity index (χ4v) is 2.85. The van der Waals surface area contributed by atoms with Crippen molar-refractivity contribution in [3.05, 3.63) is 48.7 Å². The van der Waals surface area contributed by atoms with Crippen LogP contribution >= 0.6 is 0 Å². The molecule has 5 N–H and O–H groups in total. The Morgan fingerprint density at radius 1 is 1.00 bits per heavy atom. The second-order valence-electron chi connectivity index (χ2n) is 4.98. The molecule has 0 bridgehead atoms. The van der Waals surface area contributed by atoms with Gasteiger partial charge in [-0.2, -0.15) is 8.42 Å². The summed E-state index contributed by atoms with van der Waals surface area (Å²) in [6.07, 6.45) is 1.61. The molecule has 3 rings (SSSR count). The molecular formula is C15H13N5O3S. The molecule has 1 aromatic heterocycles. The number of hydrogen-bond donors (Lipinski definition) is 3. The van der Waals surface area contributed by atoms with E-state index in [0.29, 0.717) is 22.3 Å². The summed E-state index contributed by atoms with van der Waals surface area (Å²) in [5.74, 6) is 0. The first-order chi connectivity index (χ1) is 11.4. The van der Waals surface area contributed by atoms with Crippen LogP contribution in [-0.2, 0) is 10.1 Å². The van der Waals surface area contributed by atoms with E-state index in [2.05, 4.69) is 15.2 Å². The van der Waals surface area contributed by atoms with Gasteiger partial charge in [0.05, 0.1) is 16.9 Å². The largest absolute Gasteiger partial charge is 0.399 e. The first kappa shape index (κ1) is 15.8. The number of rotatable bonds is 3. The molecule has 0 spiro atoms. The molecule has 2 aromatic carbocycles. The zero-order valence-corrected chi connectivity index (χ0v) is 13.1. The minimum atomic E-state index is -4.48. The van der Waals surface area contributed by atoms with E-state index in [0.717, 1.165) is 6.07 Å². The number of benzene rings is 2. The number of azo groups is 1. The quantitative estimate of drug-likeness (QED) is 0.378. The molecule has 3 aromatic rings. The maximum absolute atomic E-state index is 11.4. The summed E-state index contributed by atoms with van der Waals surface area (Å²) in [5, 5.41) is 8.66. The Balaban J connectivity index is 2.12. The standard InChI is InChI=1S/C15H13N5O3S/c16-9-3-5-13(14(8-9)24(21,22)23)20-19-12-6-4-11(17)15-10(12)2-1-7-18-15/h1-8H,16-17H2,(H,21,22,23). The fraction of sp³-hybridized carbons (Fsp3) is 0. The van der Waals surface area contributed by atoms with Crippen LogP contribution in [0.1, 0.15) is 0 Å². The van der Waals surface area contributed by atoms with E-state index in [1.807, 2.05) is 0 Å². The normalized spacial score (nSPS) is 12.0. The van der Waals surface area contributed by atoms with Crippen LogP contribution in [0, 0.1) is 0 Å². The molecule has 0 atom stereocenters. The monoisotopic (exact) mass is 343 g/mol. The first-order valence-electron chi connectivity index (χ1n) is 6.78. The third-order valence-electron chi connectivity index (χ3n) is 3.31. The van der Waals surface area contributed by atoms with Crippen molar-refractivity contribution < 1.29 is 13.0 Å². The maximum Gasteiger partial charge on any atom is 0.296 e. The third-order valence-corrected chi connectivity index (χ3v) is 4.19. The van der Waals surface area contributed by atoms with Crippen LogP contribution in [0.15, 0.2) is 63.8 Å². The minimum absolute atomic E-state index is 0.0273. The lowest BCUT2D eigenvalue weighted by atomic mass is 10.1. The number of nitrogens with two attached hydrogens (primary N) is 2. The average molecular weight is 343 g/mol. The molecule has 9 heteroatoms. The SMILES string of the molecule is Nc1ccc(N=Nc2ccc(N)c3ncccc23)c(S(=O)(=O)O)c1. The summed E-state index contributed by atoms with van der Waals surface area (Å²) in [7, 11) is -4.48. The van der Waals surface area contributed by atoms with Gasteiger partial charge in [0.15, 0.2) is 0 Å². The van der Waals surface area contributed by atoms with Gasteiger partial charge in [-0.15, -0.1) is 10.2 Å². The van der Waals surface area contributed by atoms with Gasteiger partial charge in [0.2, 0.25) is 0 Å². The van der Waals surface area contributed by atoms with Gasteiger partial charge >= 0.3 is 0 Å². The predicted molar refractivity (Wildman–Crippen MR) is 91.0 cm³/mol. The zero-order chi connectivity index (χ0) is 17.3. The summed E-state index contributed by atoms with van der Waals surface area (Å²) in [6.45, 7) is 0. The van der Waals surface area contributed by atoms with Crippen molar-refractivity contribution in [1.82, 2.24) is 4.98 Å². The van der Waals surface area contributed by atoms with Crippen LogP contribution in [0.2, 0.25) is 0 Å². The van der Waals surface area contributed by atoms with Gasteiger partial charge in [-0.05, 0) is 42.5 Å². The first-order valence-corrected chi connectivity index (χ1v) is 8.22. The molecule has 0 radical (unpaired) electrons. The highest BCUT2D eigenvalue weighted by Gasteiger charge is 2.16. The molecule has 1 heterocycles. The van der Waals surface area contributed by atoms with E-state index >= 15 is 0 Å². The van der Waals surface area contributed by atoms with Crippen molar-refractivity contribution in [3.8, 4) is 0 Å². The molecule has 0 aliphatic rings. The highest BCUT2D eigenvalue weighted by Crippen LogP contribution is 2.32. The van der Waals surface area contributed by atoms with Gasteiger partial charge in [0.25, 0.3) is 10.1 Å². The molecule has 0 aliphatic heterocycles. The van der Waals surface area contributed by atoms with Gasteiger partial charge in [-0.1, -0.05) is 0 Å². The Bertz CT molecular complexity index is 1060. The van der Waals surface area contributed by atoms with Crippen molar-refractivity contribution in [2.75, 3.05) is 11.5 Å². The van der Waals surface area contributed by atoms with Crippen molar-refractivity contribution in [2.24, 2.45) is 10.2 Å². The molecule has 0 saturated carbocycles. The van der Waals surface area contributed by atoms with Crippen LogP contribution in [0.25, 0.3) is 10.9 Å². The number of hydrogen-bond acceptors (Lipinski definition) is 7. The van der Waals surface area contributed by atoms with Crippen molar-refractivity contribution in [2.45, 2.75) is 4.90 Å². The molecule has 0 unspecified atom stereocenters. The van der Waals surface area contributed by atoms with Gasteiger partial charge in [-0.25, -0.2) is 0 Å². The number of aromatic nitrogens is 1. The molecular weight excluding hydrogens is 330 g/mol. The second kappa shape index (κ2) is 5.87. The summed E-state index contributed by atoms with van der Waals surface area (Å²) in [5.41, 5.74) is 13.1. The van der Waals surface area contributed by atoms with Crippen molar-refractivity contribution >= 4 is 43.8 Å². The van der Waals surface area contributed by atoms with E-state index < -0.39 is 15.0 Å². The van der Waals surface area contributed by atoms with E-state index in [1.165, 1.54) is 12.1 Å². The summed E-state index contributed by atoms with van der Waals surface area (Å²) in [4.78, 5) is 3.77. The molecule has 0 saturated heterocycles. The fourth-order valence-electron chi connectivity index (χ4n) is 2.19. The minimum Gasteiger partial charge on any atom is -0.399 e. The lowest BCUT2D eigenvalue weighted by Crippen LogP contribution is -1.99. The Hall–Kier alpha value is -3.04. The maximum atomic E-state index is 11.4. The van der Waals surface area contributed by atoms with E-state index in [-0.39, 0.29) is 11.4 Å². The van der Waals surface area contributed by atoms with Crippen LogP contribution < -0.4 is 11.5 Å². The molecule has 122 valence electrons. The second-order valence-corrected chi connectivity index (χ2v) is 6.37. The predicted octanol–water partition coefficient (Wildman–Crippen LogP) is 3.06. The van der Waals surface area contributed by atoms with E-state index in [4.69, 9.17) is 11.5 Å². The molecule has 24 heavy (non-hydrogen) atoms. The number of fused-ring (bicyclic) bond motifs is 1. The van der Waals surface area contributed by atoms with Gasteiger partial charge in [-0.3, -0.25) is 9.54 Å². The summed E-state index contributed by atoms with van der Waals surface area (Å²) in [6, 6.07) is 10.7. The van der Waals surface area contributed by atoms with E-state index in [9.17, 15) is 13.0 Å². The van der Waals surface area contributed by atoms with Crippen LogP contribution in [0.5, 0.6) is 0 Å². The number of nitrogens with zero attached hydrogens (tertiary/aromatic N) is 3. The third kappa shape index (κ3) is 3.03. The average Bonchev–Trinajstić information content (AvgIpc) is 2.54. The Kier molecular flexibility index (Phi) is 3.87. The highest BCUT2D eigenvalue weighted by atomic mass is 32.2. The lowest BCUT2D eigenvalue weighted by Gasteiger charge is -2.05. The highest BCUT2D eigenvalue weighted by molar-refractivity contribution is 7.86. The van der Waals surface area contributed by atoms with E-state index in [1.54, 1.807) is 30.5 Å². The lowest BCUT2D eigenvalue weighted by molar-refractivity contribution is 0.483. The zero-order valence-electron chi connectivity index (χ0n) is 12.3. The summed E-state index contributed by atoms with van der Waals surface area (Å²) >= 11 is 0. The van der Waals surface area contributed by atoms with Crippen molar-refractivity contribution in [3.63, 3.8) is 0 Å². The Morgan fingerprint density at radius 3 is 2.46 bits per heavy atom.